The Kier molecular flexibility index (Phi) is 46.8. The lowest BCUT2D eigenvalue weighted by Gasteiger charge is -2.42. The molecule has 14 heteroatoms. The fraction of sp³-hybridized carbons (Fsp3) is 0.859. The van der Waals surface area contributed by atoms with Gasteiger partial charge < -0.3 is 64.2 Å². The highest BCUT2D eigenvalue weighted by molar-refractivity contribution is 5.69. The molecule has 0 amide bonds. The van der Waals surface area contributed by atoms with Crippen LogP contribution in [0.1, 0.15) is 251 Å². The summed E-state index contributed by atoms with van der Waals surface area (Å²) in [5.74, 6) is -0.379. The van der Waals surface area contributed by atoms with E-state index in [1.807, 2.05) is 0 Å². The third-order valence-electron chi connectivity index (χ3n) is 15.1. The first-order valence-electron chi connectivity index (χ1n) is 31.7. The molecule has 456 valence electrons. The normalized spacial score (nSPS) is 24.4. The number of carbonyl (C=O) groups is 1. The lowest BCUT2D eigenvalue weighted by atomic mass is 9.98. The minimum absolute atomic E-state index is 0.0583. The maximum absolute atomic E-state index is 13.1. The van der Waals surface area contributed by atoms with Crippen molar-refractivity contribution in [3.63, 3.8) is 0 Å². The van der Waals surface area contributed by atoms with E-state index < -0.39 is 80.7 Å². The number of aliphatic hydroxyl groups is 7. The number of hydrogen-bond donors (Lipinski definition) is 7. The summed E-state index contributed by atoms with van der Waals surface area (Å²) in [6.07, 6.45) is 46.0. The average molecular weight is 1110 g/mol. The van der Waals surface area contributed by atoms with Gasteiger partial charge in [-0.25, -0.2) is 0 Å². The van der Waals surface area contributed by atoms with Crippen molar-refractivity contribution in [2.45, 2.75) is 319 Å². The third kappa shape index (κ3) is 36.4. The number of aliphatic hydroxyl groups excluding tert-OH is 7. The van der Waals surface area contributed by atoms with Crippen LogP contribution in [0.25, 0.3) is 0 Å². The Morgan fingerprint density at radius 1 is 0.423 bits per heavy atom. The lowest BCUT2D eigenvalue weighted by molar-refractivity contribution is -0.332. The number of unbranched alkanes of at least 4 members (excludes halogenated alkanes) is 30. The van der Waals surface area contributed by atoms with Gasteiger partial charge in [0.1, 0.15) is 54.9 Å². The van der Waals surface area contributed by atoms with Crippen molar-refractivity contribution in [2.24, 2.45) is 0 Å². The zero-order valence-corrected chi connectivity index (χ0v) is 49.2. The van der Waals surface area contributed by atoms with Crippen LogP contribution in [-0.4, -0.2) is 142 Å². The van der Waals surface area contributed by atoms with E-state index in [-0.39, 0.29) is 25.6 Å². The predicted octanol–water partition coefficient (Wildman–Crippen LogP) is 12.3. The van der Waals surface area contributed by atoms with E-state index in [0.717, 1.165) is 57.8 Å². The van der Waals surface area contributed by atoms with Gasteiger partial charge in [-0.3, -0.25) is 4.79 Å². The number of allylic oxidation sites excluding steroid dienone is 8. The van der Waals surface area contributed by atoms with E-state index in [2.05, 4.69) is 62.5 Å². The molecular weight excluding hydrogens is 993 g/mol. The summed E-state index contributed by atoms with van der Waals surface area (Å²) < 4.78 is 34.5. The average Bonchev–Trinajstić information content (AvgIpc) is 3.45. The fourth-order valence-corrected chi connectivity index (χ4v) is 9.94. The minimum Gasteiger partial charge on any atom is -0.457 e. The van der Waals surface area contributed by atoms with Crippen LogP contribution in [0.15, 0.2) is 48.6 Å². The predicted molar refractivity (Wildman–Crippen MR) is 312 cm³/mol. The molecule has 2 saturated heterocycles. The third-order valence-corrected chi connectivity index (χ3v) is 15.1. The lowest BCUT2D eigenvalue weighted by Crippen LogP contribution is -2.61. The molecule has 0 spiro atoms. The van der Waals surface area contributed by atoms with Gasteiger partial charge in [0.25, 0.3) is 0 Å². The van der Waals surface area contributed by atoms with Crippen LogP contribution in [0.3, 0.4) is 0 Å². The molecule has 11 atom stereocenters. The molecule has 2 heterocycles. The van der Waals surface area contributed by atoms with E-state index in [0.29, 0.717) is 13.0 Å². The summed E-state index contributed by atoms with van der Waals surface area (Å²) in [4.78, 5) is 13.1. The van der Waals surface area contributed by atoms with Gasteiger partial charge in [0, 0.05) is 13.0 Å². The number of ether oxygens (including phenoxy) is 6. The number of esters is 1. The van der Waals surface area contributed by atoms with Crippen molar-refractivity contribution >= 4 is 5.97 Å². The van der Waals surface area contributed by atoms with Gasteiger partial charge in [0.2, 0.25) is 0 Å². The Hall–Kier alpha value is -2.05. The molecule has 2 rings (SSSR count). The Labute approximate surface area is 473 Å². The van der Waals surface area contributed by atoms with Crippen LogP contribution >= 0.6 is 0 Å². The van der Waals surface area contributed by atoms with Crippen LogP contribution < -0.4 is 0 Å². The largest absolute Gasteiger partial charge is 0.457 e. The maximum Gasteiger partial charge on any atom is 0.306 e. The number of hydrogen-bond acceptors (Lipinski definition) is 14. The van der Waals surface area contributed by atoms with Gasteiger partial charge in [-0.1, -0.05) is 217 Å². The van der Waals surface area contributed by atoms with Crippen molar-refractivity contribution in [3.8, 4) is 0 Å². The molecule has 11 unspecified atom stereocenters. The molecular formula is C64H116O14. The summed E-state index contributed by atoms with van der Waals surface area (Å²) in [5, 5.41) is 72.5. The van der Waals surface area contributed by atoms with Crippen molar-refractivity contribution in [2.75, 3.05) is 33.0 Å². The first kappa shape index (κ1) is 72.1. The number of carbonyl (C=O) groups excluding carboxylic acids is 1. The van der Waals surface area contributed by atoms with Crippen LogP contribution in [-0.2, 0) is 33.2 Å². The molecule has 78 heavy (non-hydrogen) atoms. The smallest absolute Gasteiger partial charge is 0.306 e. The SMILES string of the molecule is CCCCCCC/C=C\C/C=C\C/C=C\CCCCCCCCCCCCCOCC(COC1OC(COC2OC(CO)C(O)C(O)C2O)C(O)C(O)C1O)OC(=O)CCCCCCCCC/C=C\CCCCCCCCC. The van der Waals surface area contributed by atoms with Crippen LogP contribution in [0, 0.1) is 0 Å². The van der Waals surface area contributed by atoms with Crippen molar-refractivity contribution in [3.05, 3.63) is 48.6 Å². The van der Waals surface area contributed by atoms with Gasteiger partial charge in [-0.05, 0) is 77.0 Å². The van der Waals surface area contributed by atoms with E-state index in [9.17, 15) is 40.5 Å². The highest BCUT2D eigenvalue weighted by Crippen LogP contribution is 2.27. The van der Waals surface area contributed by atoms with E-state index in [4.69, 9.17) is 28.4 Å². The topological polar surface area (TPSA) is 214 Å². The van der Waals surface area contributed by atoms with E-state index in [1.165, 1.54) is 167 Å². The minimum atomic E-state index is -1.71. The summed E-state index contributed by atoms with van der Waals surface area (Å²) in [5.41, 5.74) is 0. The van der Waals surface area contributed by atoms with Gasteiger partial charge in [-0.2, -0.15) is 0 Å². The molecule has 0 radical (unpaired) electrons. The van der Waals surface area contributed by atoms with Gasteiger partial charge >= 0.3 is 5.97 Å². The number of rotatable bonds is 52. The zero-order valence-electron chi connectivity index (χ0n) is 49.2. The molecule has 0 aliphatic carbocycles. The molecule has 0 aromatic heterocycles. The van der Waals surface area contributed by atoms with Gasteiger partial charge in [0.15, 0.2) is 12.6 Å². The summed E-state index contributed by atoms with van der Waals surface area (Å²) in [7, 11) is 0. The highest BCUT2D eigenvalue weighted by Gasteiger charge is 2.47. The highest BCUT2D eigenvalue weighted by atomic mass is 16.7. The fourth-order valence-electron chi connectivity index (χ4n) is 9.94. The van der Waals surface area contributed by atoms with E-state index >= 15 is 0 Å². The maximum atomic E-state index is 13.1. The first-order chi connectivity index (χ1) is 38.1. The summed E-state index contributed by atoms with van der Waals surface area (Å²) in [6.45, 7) is 3.70. The van der Waals surface area contributed by atoms with Crippen LogP contribution in [0.5, 0.6) is 0 Å². The van der Waals surface area contributed by atoms with Gasteiger partial charge in [-0.15, -0.1) is 0 Å². The Balaban J connectivity index is 1.67. The second-order valence-electron chi connectivity index (χ2n) is 22.2. The molecule has 7 N–H and O–H groups in total. The molecule has 0 aromatic rings. The molecule has 2 aliphatic rings. The molecule has 0 aromatic carbocycles. The quantitative estimate of drug-likeness (QED) is 0.0172. The summed E-state index contributed by atoms with van der Waals surface area (Å²) in [6, 6.07) is 0. The van der Waals surface area contributed by atoms with Crippen molar-refractivity contribution in [1.82, 2.24) is 0 Å². The Bertz CT molecular complexity index is 1470. The Morgan fingerprint density at radius 3 is 1.26 bits per heavy atom. The molecule has 2 aliphatic heterocycles. The Morgan fingerprint density at radius 2 is 0.795 bits per heavy atom. The first-order valence-corrected chi connectivity index (χ1v) is 31.7. The van der Waals surface area contributed by atoms with Crippen molar-refractivity contribution in [1.29, 1.82) is 0 Å². The van der Waals surface area contributed by atoms with Crippen LogP contribution in [0.4, 0.5) is 0 Å². The molecule has 0 bridgehead atoms. The van der Waals surface area contributed by atoms with Gasteiger partial charge in [0.05, 0.1) is 26.4 Å². The zero-order chi connectivity index (χ0) is 56.5. The van der Waals surface area contributed by atoms with Crippen LogP contribution in [0.2, 0.25) is 0 Å². The molecule has 14 nitrogen and oxygen atoms in total. The molecule has 0 saturated carbocycles. The second kappa shape index (κ2) is 50.7. The monoisotopic (exact) mass is 1110 g/mol. The second-order valence-corrected chi connectivity index (χ2v) is 22.2. The molecule has 2 fully saturated rings. The summed E-state index contributed by atoms with van der Waals surface area (Å²) >= 11 is 0. The van der Waals surface area contributed by atoms with E-state index in [1.54, 1.807) is 0 Å². The standard InChI is InChI=1S/C64H116O14/c1-3-5-7-9-11-13-15-17-19-21-23-24-25-26-27-28-29-30-32-34-36-38-40-42-44-46-48-73-50-53(76-56(66)47-45-43-41-39-37-35-33-31-22-20-18-16-14-12-10-8-6-4-2)51-74-63-62(72)60(70)58(68)55(78-63)52-75-64-61(71)59(69)57(67)54(49-65)77-64/h15,17,20-23,25-26,53-55,57-65,67-72H,3-14,16,18-19,24,27-52H2,1-2H3/b17-15-,22-20-,23-21-,26-25-. The van der Waals surface area contributed by atoms with Crippen molar-refractivity contribution < 1.29 is 69.0 Å².